The molecule has 1 aromatic rings. The molecule has 0 aliphatic rings. The zero-order valence-corrected chi connectivity index (χ0v) is 9.25. The Morgan fingerprint density at radius 1 is 1.64 bits per heavy atom. The largest absolute Gasteiger partial charge is 0.275 e. The number of nitrogens with one attached hydrogen (secondary N) is 1. The van der Waals surface area contributed by atoms with Crippen LogP contribution < -0.4 is 11.3 Å². The van der Waals surface area contributed by atoms with Crippen LogP contribution in [0.15, 0.2) is 6.20 Å². The quantitative estimate of drug-likeness (QED) is 0.553. The lowest BCUT2D eigenvalue weighted by Gasteiger charge is -2.14. The molecule has 0 aliphatic carbocycles. The third kappa shape index (κ3) is 2.56. The van der Waals surface area contributed by atoms with E-state index in [0.29, 0.717) is 0 Å². The second-order valence-corrected chi connectivity index (χ2v) is 3.71. The Labute approximate surface area is 85.5 Å². The maximum Gasteiger partial charge on any atom is 0.0641 e. The number of aromatic nitrogens is 2. The standard InChI is InChI=1S/C10H20N4/c1-4-5-6-10(12-11)9-7-14(3)13-8(9)2/h7,10,12H,4-6,11H2,1-3H3. The van der Waals surface area contributed by atoms with Crippen molar-refractivity contribution < 1.29 is 0 Å². The van der Waals surface area contributed by atoms with Crippen molar-refractivity contribution in [1.29, 1.82) is 0 Å². The zero-order valence-electron chi connectivity index (χ0n) is 9.25. The fourth-order valence-electron chi connectivity index (χ4n) is 1.70. The molecule has 1 heterocycles. The van der Waals surface area contributed by atoms with Crippen LogP contribution in [0, 0.1) is 6.92 Å². The van der Waals surface area contributed by atoms with E-state index in [2.05, 4.69) is 17.4 Å². The molecular weight excluding hydrogens is 176 g/mol. The van der Waals surface area contributed by atoms with Gasteiger partial charge in [0, 0.05) is 24.8 Å². The summed E-state index contributed by atoms with van der Waals surface area (Å²) in [6.07, 6.45) is 5.48. The van der Waals surface area contributed by atoms with Gasteiger partial charge in [-0.2, -0.15) is 5.10 Å². The Morgan fingerprint density at radius 3 is 2.79 bits per heavy atom. The fraction of sp³-hybridized carbons (Fsp3) is 0.700. The lowest BCUT2D eigenvalue weighted by molar-refractivity contribution is 0.493. The highest BCUT2D eigenvalue weighted by Gasteiger charge is 2.13. The minimum absolute atomic E-state index is 0.239. The third-order valence-corrected chi connectivity index (χ3v) is 2.47. The summed E-state index contributed by atoms with van der Waals surface area (Å²) in [5.74, 6) is 5.54. The fourth-order valence-corrected chi connectivity index (χ4v) is 1.70. The number of hydrogen-bond donors (Lipinski definition) is 2. The molecule has 1 atom stereocenters. The monoisotopic (exact) mass is 196 g/mol. The molecule has 0 aromatic carbocycles. The van der Waals surface area contributed by atoms with Gasteiger partial charge in [-0.25, -0.2) is 0 Å². The first-order chi connectivity index (χ1) is 6.69. The first-order valence-electron chi connectivity index (χ1n) is 5.15. The number of nitrogens with zero attached hydrogens (tertiary/aromatic N) is 2. The van der Waals surface area contributed by atoms with Gasteiger partial charge >= 0.3 is 0 Å². The second kappa shape index (κ2) is 5.12. The van der Waals surface area contributed by atoms with Crippen LogP contribution in [-0.4, -0.2) is 9.78 Å². The summed E-state index contributed by atoms with van der Waals surface area (Å²) in [6.45, 7) is 4.20. The molecule has 4 nitrogen and oxygen atoms in total. The molecule has 4 heteroatoms. The van der Waals surface area contributed by atoms with Gasteiger partial charge in [0.05, 0.1) is 5.69 Å². The van der Waals surface area contributed by atoms with Gasteiger partial charge in [-0.3, -0.25) is 16.0 Å². The van der Waals surface area contributed by atoms with Crippen molar-refractivity contribution in [2.75, 3.05) is 0 Å². The van der Waals surface area contributed by atoms with Gasteiger partial charge in [0.2, 0.25) is 0 Å². The Hall–Kier alpha value is -0.870. The topological polar surface area (TPSA) is 55.9 Å². The van der Waals surface area contributed by atoms with E-state index in [4.69, 9.17) is 5.84 Å². The van der Waals surface area contributed by atoms with Gasteiger partial charge in [0.15, 0.2) is 0 Å². The lowest BCUT2D eigenvalue weighted by atomic mass is 10.0. The smallest absolute Gasteiger partial charge is 0.0641 e. The predicted molar refractivity (Wildman–Crippen MR) is 57.5 cm³/mol. The number of rotatable bonds is 5. The molecule has 1 rings (SSSR count). The van der Waals surface area contributed by atoms with E-state index in [9.17, 15) is 0 Å². The van der Waals surface area contributed by atoms with Crippen LogP contribution in [0.5, 0.6) is 0 Å². The molecule has 0 saturated heterocycles. The lowest BCUT2D eigenvalue weighted by Crippen LogP contribution is -2.28. The minimum Gasteiger partial charge on any atom is -0.275 e. The number of nitrogens with two attached hydrogens (primary N) is 1. The molecule has 0 saturated carbocycles. The summed E-state index contributed by atoms with van der Waals surface area (Å²) in [7, 11) is 1.93. The van der Waals surface area contributed by atoms with Crippen LogP contribution in [0.25, 0.3) is 0 Å². The first kappa shape index (κ1) is 11.2. The SMILES string of the molecule is CCCCC(NN)c1cn(C)nc1C. The average molecular weight is 196 g/mol. The number of hydrogen-bond acceptors (Lipinski definition) is 3. The molecular formula is C10H20N4. The van der Waals surface area contributed by atoms with Crippen molar-refractivity contribution in [3.05, 3.63) is 17.5 Å². The van der Waals surface area contributed by atoms with E-state index in [1.165, 1.54) is 18.4 Å². The maximum absolute atomic E-state index is 5.54. The van der Waals surface area contributed by atoms with Crippen LogP contribution in [0.1, 0.15) is 43.5 Å². The Bertz CT molecular complexity index is 280. The van der Waals surface area contributed by atoms with Crippen molar-refractivity contribution in [3.63, 3.8) is 0 Å². The molecule has 0 aliphatic heterocycles. The highest BCUT2D eigenvalue weighted by Crippen LogP contribution is 2.20. The van der Waals surface area contributed by atoms with Gasteiger partial charge < -0.3 is 0 Å². The molecule has 0 spiro atoms. The third-order valence-electron chi connectivity index (χ3n) is 2.47. The molecule has 1 unspecified atom stereocenters. The Morgan fingerprint density at radius 2 is 2.36 bits per heavy atom. The van der Waals surface area contributed by atoms with Crippen LogP contribution in [0.2, 0.25) is 0 Å². The van der Waals surface area contributed by atoms with Gasteiger partial charge in [-0.05, 0) is 13.3 Å². The maximum atomic E-state index is 5.54. The molecule has 0 fully saturated rings. The van der Waals surface area contributed by atoms with Crippen LogP contribution in [0.3, 0.4) is 0 Å². The van der Waals surface area contributed by atoms with E-state index >= 15 is 0 Å². The summed E-state index contributed by atoms with van der Waals surface area (Å²) in [6, 6.07) is 0.239. The number of hydrazine groups is 1. The highest BCUT2D eigenvalue weighted by molar-refractivity contribution is 5.19. The summed E-state index contributed by atoms with van der Waals surface area (Å²) >= 11 is 0. The van der Waals surface area contributed by atoms with Gasteiger partial charge in [0.1, 0.15) is 0 Å². The predicted octanol–water partition coefficient (Wildman–Crippen LogP) is 1.42. The molecule has 80 valence electrons. The normalized spacial score (nSPS) is 13.1. The van der Waals surface area contributed by atoms with Crippen molar-refractivity contribution in [2.24, 2.45) is 12.9 Å². The van der Waals surface area contributed by atoms with E-state index in [1.807, 2.05) is 24.9 Å². The van der Waals surface area contributed by atoms with E-state index in [1.54, 1.807) is 0 Å². The van der Waals surface area contributed by atoms with Crippen LogP contribution in [0.4, 0.5) is 0 Å². The summed E-state index contributed by atoms with van der Waals surface area (Å²) in [4.78, 5) is 0. The molecule has 0 radical (unpaired) electrons. The van der Waals surface area contributed by atoms with Crippen molar-refractivity contribution >= 4 is 0 Å². The molecule has 14 heavy (non-hydrogen) atoms. The molecule has 1 aromatic heterocycles. The Balaban J connectivity index is 2.72. The highest BCUT2D eigenvalue weighted by atomic mass is 15.3. The van der Waals surface area contributed by atoms with Crippen molar-refractivity contribution in [3.8, 4) is 0 Å². The average Bonchev–Trinajstić information content (AvgIpc) is 2.47. The summed E-state index contributed by atoms with van der Waals surface area (Å²) in [5.41, 5.74) is 5.13. The van der Waals surface area contributed by atoms with Crippen molar-refractivity contribution in [2.45, 2.75) is 39.2 Å². The molecule has 0 amide bonds. The van der Waals surface area contributed by atoms with Crippen LogP contribution in [-0.2, 0) is 7.05 Å². The first-order valence-corrected chi connectivity index (χ1v) is 5.15. The summed E-state index contributed by atoms with van der Waals surface area (Å²) in [5, 5.41) is 4.31. The van der Waals surface area contributed by atoms with Gasteiger partial charge in [0.25, 0.3) is 0 Å². The van der Waals surface area contributed by atoms with Crippen LogP contribution >= 0.6 is 0 Å². The molecule has 3 N–H and O–H groups in total. The zero-order chi connectivity index (χ0) is 10.6. The van der Waals surface area contributed by atoms with E-state index in [-0.39, 0.29) is 6.04 Å². The Kier molecular flexibility index (Phi) is 4.10. The minimum atomic E-state index is 0.239. The van der Waals surface area contributed by atoms with Gasteiger partial charge in [-0.15, -0.1) is 0 Å². The van der Waals surface area contributed by atoms with Gasteiger partial charge in [-0.1, -0.05) is 19.8 Å². The second-order valence-electron chi connectivity index (χ2n) is 3.71. The number of aryl methyl sites for hydroxylation is 2. The van der Waals surface area contributed by atoms with Crippen molar-refractivity contribution in [1.82, 2.24) is 15.2 Å². The van der Waals surface area contributed by atoms with E-state index < -0.39 is 0 Å². The summed E-state index contributed by atoms with van der Waals surface area (Å²) < 4.78 is 1.83. The molecule has 0 bridgehead atoms. The number of unbranched alkanes of at least 4 members (excludes halogenated alkanes) is 1. The van der Waals surface area contributed by atoms with E-state index in [0.717, 1.165) is 12.1 Å².